The van der Waals surface area contributed by atoms with Gasteiger partial charge in [-0.15, -0.1) is 0 Å². The normalized spacial score (nSPS) is 12.7. The number of hydrogen-bond acceptors (Lipinski definition) is 3. The maximum atomic E-state index is 9.29. The van der Waals surface area contributed by atoms with Crippen molar-refractivity contribution in [3.63, 3.8) is 0 Å². The minimum atomic E-state index is -0.336. The van der Waals surface area contributed by atoms with Crippen LogP contribution in [0.5, 0.6) is 0 Å². The van der Waals surface area contributed by atoms with Crippen molar-refractivity contribution in [1.29, 1.82) is 0 Å². The molecule has 0 radical (unpaired) electrons. The zero-order valence-corrected chi connectivity index (χ0v) is 13.6. The van der Waals surface area contributed by atoms with Crippen molar-refractivity contribution in [2.45, 2.75) is 33.4 Å². The van der Waals surface area contributed by atoms with Crippen LogP contribution in [-0.2, 0) is 6.54 Å². The van der Waals surface area contributed by atoms with Gasteiger partial charge in [0.15, 0.2) is 0 Å². The van der Waals surface area contributed by atoms with E-state index >= 15 is 0 Å². The van der Waals surface area contributed by atoms with Crippen LogP contribution >= 0.6 is 15.9 Å². The van der Waals surface area contributed by atoms with Crippen molar-refractivity contribution in [2.24, 2.45) is 0 Å². The Bertz CT molecular complexity index is 576. The second-order valence-electron chi connectivity index (χ2n) is 5.02. The summed E-state index contributed by atoms with van der Waals surface area (Å²) in [6.07, 6.45) is -0.336. The Morgan fingerprint density at radius 2 is 1.95 bits per heavy atom. The van der Waals surface area contributed by atoms with Crippen LogP contribution in [0.3, 0.4) is 0 Å². The van der Waals surface area contributed by atoms with E-state index in [0.717, 1.165) is 28.1 Å². The largest absolute Gasteiger partial charge is 0.392 e. The Morgan fingerprint density at radius 1 is 1.30 bits per heavy atom. The molecule has 1 unspecified atom stereocenters. The fourth-order valence-electron chi connectivity index (χ4n) is 2.17. The fourth-order valence-corrected chi connectivity index (χ4v) is 2.43. The monoisotopic (exact) mass is 337 g/mol. The summed E-state index contributed by atoms with van der Waals surface area (Å²) in [6.45, 7) is 7.17. The van der Waals surface area contributed by atoms with E-state index in [4.69, 9.17) is 0 Å². The van der Waals surface area contributed by atoms with Crippen molar-refractivity contribution >= 4 is 15.9 Å². The molecular weight excluding hydrogens is 318 g/mol. The molecule has 2 aromatic rings. The minimum Gasteiger partial charge on any atom is -0.392 e. The van der Waals surface area contributed by atoms with Crippen LogP contribution in [0.15, 0.2) is 28.7 Å². The molecule has 1 aromatic carbocycles. The van der Waals surface area contributed by atoms with E-state index in [1.54, 1.807) is 6.92 Å². The first-order valence-corrected chi connectivity index (χ1v) is 7.48. The molecule has 20 heavy (non-hydrogen) atoms. The molecule has 2 N–H and O–H groups in total. The van der Waals surface area contributed by atoms with Gasteiger partial charge in [0, 0.05) is 28.8 Å². The zero-order valence-electron chi connectivity index (χ0n) is 12.0. The average molecular weight is 338 g/mol. The standard InChI is InChI=1S/C15H20BrN3O/c1-10(20)8-17-9-15-11(2)18-19(12(15)3)14-6-4-13(16)5-7-14/h4-7,10,17,20H,8-9H2,1-3H3. The van der Waals surface area contributed by atoms with Crippen LogP contribution in [0, 0.1) is 13.8 Å². The molecular formula is C15H20BrN3O. The summed E-state index contributed by atoms with van der Waals surface area (Å²) < 4.78 is 3.02. The molecule has 0 bridgehead atoms. The Balaban J connectivity index is 2.22. The molecule has 0 spiro atoms. The molecule has 1 atom stereocenters. The highest BCUT2D eigenvalue weighted by atomic mass is 79.9. The van der Waals surface area contributed by atoms with Crippen molar-refractivity contribution in [3.8, 4) is 5.69 Å². The van der Waals surface area contributed by atoms with Crippen LogP contribution in [0.4, 0.5) is 0 Å². The molecule has 0 saturated carbocycles. The highest BCUT2D eigenvalue weighted by Crippen LogP contribution is 2.19. The van der Waals surface area contributed by atoms with Gasteiger partial charge in [-0.05, 0) is 45.0 Å². The third-order valence-electron chi connectivity index (χ3n) is 3.25. The number of aryl methyl sites for hydroxylation is 1. The Hall–Kier alpha value is -1.17. The summed E-state index contributed by atoms with van der Waals surface area (Å²) in [4.78, 5) is 0. The van der Waals surface area contributed by atoms with Gasteiger partial charge in [-0.3, -0.25) is 0 Å². The van der Waals surface area contributed by atoms with Crippen LogP contribution in [0.25, 0.3) is 5.69 Å². The topological polar surface area (TPSA) is 50.1 Å². The summed E-state index contributed by atoms with van der Waals surface area (Å²) >= 11 is 3.44. The summed E-state index contributed by atoms with van der Waals surface area (Å²) in [7, 11) is 0. The van der Waals surface area contributed by atoms with Gasteiger partial charge in [0.2, 0.25) is 0 Å². The van der Waals surface area contributed by atoms with Gasteiger partial charge in [-0.2, -0.15) is 5.10 Å². The lowest BCUT2D eigenvalue weighted by Crippen LogP contribution is -2.24. The van der Waals surface area contributed by atoms with Crippen LogP contribution in [0.2, 0.25) is 0 Å². The molecule has 2 rings (SSSR count). The number of nitrogens with one attached hydrogen (secondary N) is 1. The minimum absolute atomic E-state index is 0.336. The lowest BCUT2D eigenvalue weighted by Gasteiger charge is -2.08. The molecule has 4 nitrogen and oxygen atoms in total. The zero-order chi connectivity index (χ0) is 14.7. The summed E-state index contributed by atoms with van der Waals surface area (Å²) in [5, 5.41) is 17.1. The lowest BCUT2D eigenvalue weighted by molar-refractivity contribution is 0.191. The second kappa shape index (κ2) is 6.52. The van der Waals surface area contributed by atoms with Gasteiger partial charge in [0.1, 0.15) is 0 Å². The maximum Gasteiger partial charge on any atom is 0.0649 e. The molecule has 0 aliphatic carbocycles. The smallest absolute Gasteiger partial charge is 0.0649 e. The first kappa shape index (κ1) is 15.2. The van der Waals surface area contributed by atoms with Crippen molar-refractivity contribution in [1.82, 2.24) is 15.1 Å². The number of aliphatic hydroxyl groups excluding tert-OH is 1. The van der Waals surface area contributed by atoms with Crippen LogP contribution in [-0.4, -0.2) is 27.5 Å². The van der Waals surface area contributed by atoms with Gasteiger partial charge in [-0.1, -0.05) is 15.9 Å². The summed E-state index contributed by atoms with van der Waals surface area (Å²) in [6, 6.07) is 8.10. The first-order chi connectivity index (χ1) is 9.49. The second-order valence-corrected chi connectivity index (χ2v) is 5.93. The fraction of sp³-hybridized carbons (Fsp3) is 0.400. The molecule has 108 valence electrons. The Labute approximate surface area is 127 Å². The van der Waals surface area contributed by atoms with Crippen molar-refractivity contribution in [2.75, 3.05) is 6.54 Å². The number of rotatable bonds is 5. The number of halogens is 1. The van der Waals surface area contributed by atoms with E-state index in [9.17, 15) is 5.11 Å². The van der Waals surface area contributed by atoms with E-state index in [2.05, 4.69) is 33.3 Å². The molecule has 0 amide bonds. The maximum absolute atomic E-state index is 9.29. The van der Waals surface area contributed by atoms with Crippen LogP contribution < -0.4 is 5.32 Å². The number of nitrogens with zero attached hydrogens (tertiary/aromatic N) is 2. The summed E-state index contributed by atoms with van der Waals surface area (Å²) in [5.74, 6) is 0. The van der Waals surface area contributed by atoms with Gasteiger partial charge >= 0.3 is 0 Å². The van der Waals surface area contributed by atoms with E-state index in [1.165, 1.54) is 5.56 Å². The third kappa shape index (κ3) is 3.48. The number of aromatic nitrogens is 2. The molecule has 0 aliphatic rings. The Morgan fingerprint density at radius 3 is 2.55 bits per heavy atom. The molecule has 0 fully saturated rings. The predicted molar refractivity (Wildman–Crippen MR) is 84.1 cm³/mol. The quantitative estimate of drug-likeness (QED) is 0.881. The number of hydrogen-bond donors (Lipinski definition) is 2. The van der Waals surface area contributed by atoms with E-state index < -0.39 is 0 Å². The van der Waals surface area contributed by atoms with Gasteiger partial charge in [-0.25, -0.2) is 4.68 Å². The first-order valence-electron chi connectivity index (χ1n) is 6.69. The van der Waals surface area contributed by atoms with E-state index in [-0.39, 0.29) is 6.10 Å². The predicted octanol–water partition coefficient (Wildman–Crippen LogP) is 2.72. The van der Waals surface area contributed by atoms with Gasteiger partial charge in [0.25, 0.3) is 0 Å². The van der Waals surface area contributed by atoms with Gasteiger partial charge < -0.3 is 10.4 Å². The highest BCUT2D eigenvalue weighted by molar-refractivity contribution is 9.10. The number of aliphatic hydroxyl groups is 1. The Kier molecular flexibility index (Phi) is 4.96. The SMILES string of the molecule is Cc1nn(-c2ccc(Br)cc2)c(C)c1CNCC(C)O. The molecule has 1 aromatic heterocycles. The molecule has 0 aliphatic heterocycles. The lowest BCUT2D eigenvalue weighted by atomic mass is 10.2. The number of benzene rings is 1. The van der Waals surface area contributed by atoms with E-state index in [0.29, 0.717) is 6.54 Å². The molecule has 5 heteroatoms. The van der Waals surface area contributed by atoms with Gasteiger partial charge in [0.05, 0.1) is 17.5 Å². The van der Waals surface area contributed by atoms with Crippen LogP contribution in [0.1, 0.15) is 23.9 Å². The van der Waals surface area contributed by atoms with Crippen molar-refractivity contribution in [3.05, 3.63) is 45.7 Å². The molecule has 0 saturated heterocycles. The highest BCUT2D eigenvalue weighted by Gasteiger charge is 2.12. The summed E-state index contributed by atoms with van der Waals surface area (Å²) in [5.41, 5.74) is 4.38. The average Bonchev–Trinajstić information content (AvgIpc) is 2.67. The third-order valence-corrected chi connectivity index (χ3v) is 3.78. The molecule has 1 heterocycles. The van der Waals surface area contributed by atoms with Crippen molar-refractivity contribution < 1.29 is 5.11 Å². The van der Waals surface area contributed by atoms with E-state index in [1.807, 2.05) is 35.9 Å².